The van der Waals surface area contributed by atoms with Crippen LogP contribution in [0, 0.1) is 11.8 Å². The van der Waals surface area contributed by atoms with Gasteiger partial charge in [0.1, 0.15) is 84.0 Å². The van der Waals surface area contributed by atoms with Crippen molar-refractivity contribution in [1.82, 2.24) is 62.1 Å². The molecule has 2 aromatic rings. The van der Waals surface area contributed by atoms with E-state index in [0.29, 0.717) is 49.8 Å². The Labute approximate surface area is 602 Å². The molecular weight excluding hydrogens is 1360 g/mol. The first-order valence-electron chi connectivity index (χ1n) is 35.4. The lowest BCUT2D eigenvalue weighted by molar-refractivity contribution is -0.149. The van der Waals surface area contributed by atoms with Gasteiger partial charge < -0.3 is 105 Å². The summed E-state index contributed by atoms with van der Waals surface area (Å²) in [7, 11) is 0. The molecule has 4 aliphatic rings. The lowest BCUT2D eigenvalue weighted by Gasteiger charge is -2.33. The fourth-order valence-electron chi connectivity index (χ4n) is 13.3. The van der Waals surface area contributed by atoms with Crippen molar-refractivity contribution in [2.45, 2.75) is 209 Å². The van der Waals surface area contributed by atoms with Crippen molar-refractivity contribution < 1.29 is 92.3 Å². The summed E-state index contributed by atoms with van der Waals surface area (Å²) in [6, 6.07) is -5.50. The van der Waals surface area contributed by atoms with Crippen molar-refractivity contribution in [2.24, 2.45) is 34.8 Å². The molecule has 104 heavy (non-hydrogen) atoms. The van der Waals surface area contributed by atoms with Crippen LogP contribution in [0.4, 0.5) is 0 Å². The third-order valence-electron chi connectivity index (χ3n) is 19.3. The molecule has 0 saturated carbocycles. The maximum Gasteiger partial charge on any atom is 0.326 e. The number of carboxylic acid groups (broad SMARTS) is 1. The molecule has 6 rings (SSSR count). The Balaban J connectivity index is 1.17. The minimum atomic E-state index is -1.78. The third kappa shape index (κ3) is 23.0. The molecule has 572 valence electrons. The average Bonchev–Trinajstić information content (AvgIpc) is 1.63. The van der Waals surface area contributed by atoms with Crippen LogP contribution in [0.2, 0.25) is 0 Å². The molecule has 4 saturated heterocycles. The number of aliphatic hydroxyl groups is 1. The molecule has 4 fully saturated rings. The summed E-state index contributed by atoms with van der Waals surface area (Å²) in [4.78, 5) is 212. The van der Waals surface area contributed by atoms with Crippen LogP contribution in [0.15, 0.2) is 48.5 Å². The second-order valence-electron chi connectivity index (χ2n) is 27.2. The largest absolute Gasteiger partial charge is 0.508 e. The van der Waals surface area contributed by atoms with Crippen LogP contribution in [0.5, 0.6) is 11.5 Å². The summed E-state index contributed by atoms with van der Waals surface area (Å²) in [5.74, 6) is -14.7. The second-order valence-corrected chi connectivity index (χ2v) is 27.2. The lowest BCUT2D eigenvalue weighted by Crippen LogP contribution is -2.62. The average molecular weight is 1460 g/mol. The Hall–Kier alpha value is -10.0. The lowest BCUT2D eigenvalue weighted by atomic mass is 9.96. The van der Waals surface area contributed by atoms with E-state index in [2.05, 4.69) is 42.5 Å². The molecule has 0 aromatic heterocycles. The van der Waals surface area contributed by atoms with E-state index in [0.717, 1.165) is 4.90 Å². The molecule has 0 radical (unpaired) electrons. The summed E-state index contributed by atoms with van der Waals surface area (Å²) in [5.41, 5.74) is 23.2. The molecule has 14 amide bonds. The van der Waals surface area contributed by atoms with E-state index in [9.17, 15) is 92.3 Å². The molecular formula is C69H102N16O19. The molecule has 20 N–H and O–H groups in total. The van der Waals surface area contributed by atoms with E-state index < -0.39 is 192 Å². The van der Waals surface area contributed by atoms with Gasteiger partial charge in [0.05, 0.1) is 19.6 Å². The summed E-state index contributed by atoms with van der Waals surface area (Å²) < 4.78 is 0. The van der Waals surface area contributed by atoms with Crippen LogP contribution in [0.3, 0.4) is 0 Å². The highest BCUT2D eigenvalue weighted by molar-refractivity contribution is 6.01. The fourth-order valence-corrected chi connectivity index (χ4v) is 13.3. The van der Waals surface area contributed by atoms with Gasteiger partial charge in [0, 0.05) is 45.4 Å². The third-order valence-corrected chi connectivity index (χ3v) is 19.3. The van der Waals surface area contributed by atoms with Crippen LogP contribution >= 0.6 is 0 Å². The molecule has 0 unspecified atom stereocenters. The summed E-state index contributed by atoms with van der Waals surface area (Å²) >= 11 is 0. The molecule has 0 bridgehead atoms. The molecule has 4 aliphatic heterocycles. The van der Waals surface area contributed by atoms with Crippen LogP contribution in [-0.4, -0.2) is 247 Å². The van der Waals surface area contributed by atoms with Crippen LogP contribution in [0.1, 0.15) is 135 Å². The maximum atomic E-state index is 14.8. The number of aliphatic carboxylic acids is 1. The number of aliphatic hydroxyl groups excluding tert-OH is 1. The quantitative estimate of drug-likeness (QED) is 0.0283. The van der Waals surface area contributed by atoms with Crippen molar-refractivity contribution >= 4 is 88.7 Å². The monoisotopic (exact) mass is 1460 g/mol. The molecule has 4 heterocycles. The van der Waals surface area contributed by atoms with Gasteiger partial charge in [-0.05, 0) is 131 Å². The van der Waals surface area contributed by atoms with Crippen LogP contribution < -0.4 is 65.5 Å². The van der Waals surface area contributed by atoms with Gasteiger partial charge >= 0.3 is 5.97 Å². The maximum absolute atomic E-state index is 14.8. The number of hydrogen-bond donors (Lipinski definition) is 16. The van der Waals surface area contributed by atoms with Gasteiger partial charge in [-0.2, -0.15) is 0 Å². The predicted molar refractivity (Wildman–Crippen MR) is 371 cm³/mol. The minimum absolute atomic E-state index is 0.0152. The molecule has 2 aromatic carbocycles. The number of rotatable bonds is 38. The number of unbranched alkanes of at least 4 members (excludes halogenated alkanes) is 1. The number of nitrogens with two attached hydrogens (primary N) is 4. The fraction of sp³-hybridized carbons (Fsp3) is 0.609. The number of amides is 14. The van der Waals surface area contributed by atoms with Crippen molar-refractivity contribution in [3.8, 4) is 11.5 Å². The first kappa shape index (κ1) is 82.9. The normalized spacial score (nSPS) is 19.7. The smallest absolute Gasteiger partial charge is 0.326 e. The van der Waals surface area contributed by atoms with Gasteiger partial charge in [0.2, 0.25) is 82.7 Å². The minimum Gasteiger partial charge on any atom is -0.508 e. The number of carboxylic acids is 1. The number of nitrogens with one attached hydrogen (secondary N) is 8. The van der Waals surface area contributed by atoms with E-state index in [1.807, 2.05) is 0 Å². The zero-order valence-electron chi connectivity index (χ0n) is 59.2. The Bertz CT molecular complexity index is 3420. The standard InChI is InChI=1S/C69H102N16O19/c1-5-38(4)57(65(99)78-46(33-40-19-23-42(88)24-20-40)61(95)76-45(32-39-17-21-41(87)22-18-39)60(94)74-43(12-6-7-27-70)59(93)80-56(37(2)3)69(103)104)81-62(96)47(34-54(73)90)77-64(98)50-14-9-30-84(50)68(102)52-16-11-31-85(52)66(100)48(36-86)79-58(92)44(25-26-53(72)89)75-63(97)49-13-8-29-83(49)67(101)51-15-10-28-82(51)55(91)35-71/h17-24,37-38,43-52,56-57,86-88H,5-16,25-36,70-71H2,1-4H3,(H2,72,89)(H2,73,90)(H,74,94)(H,75,97)(H,76,95)(H,77,98)(H,78,99)(H,79,92)(H,80,93)(H,81,96)(H,103,104)/t38-,43-,44-,45-,46-,47-,48-,49-,50-,51-,52-,56-,57-/m0/s1. The number of carbonyl (C=O) groups excluding carboxylic acids is 14. The summed E-state index contributed by atoms with van der Waals surface area (Å²) in [5, 5.41) is 61.3. The first-order chi connectivity index (χ1) is 49.4. The zero-order chi connectivity index (χ0) is 76.6. The van der Waals surface area contributed by atoms with E-state index >= 15 is 0 Å². The van der Waals surface area contributed by atoms with Crippen LogP contribution in [0.25, 0.3) is 0 Å². The topological polar surface area (TPSA) is 550 Å². The van der Waals surface area contributed by atoms with Gasteiger partial charge in [-0.1, -0.05) is 58.4 Å². The summed E-state index contributed by atoms with van der Waals surface area (Å²) in [6.07, 6.45) is 0.992. The van der Waals surface area contributed by atoms with E-state index in [4.69, 9.17) is 22.9 Å². The SMILES string of the molecule is CC[C@H](C)[C@H](NC(=O)[C@H](CC(N)=O)NC(=O)[C@@H]1CCCN1C(=O)[C@@H]1CCCN1C(=O)[C@H](CO)NC(=O)[C@H](CCC(N)=O)NC(=O)[C@@H]1CCCN1C(=O)[C@@H]1CCCN1C(=O)CN)C(=O)N[C@@H](Cc1ccc(O)cc1)C(=O)N[C@@H](Cc1ccc(O)cc1)C(=O)N[C@@H](CCCCN)C(=O)N[C@H](C(=O)O)C(C)C. The number of benzene rings is 2. The number of nitrogens with zero attached hydrogens (tertiary/aromatic N) is 4. The summed E-state index contributed by atoms with van der Waals surface area (Å²) in [6.45, 7) is 5.80. The number of likely N-dealkylation sites (tertiary alicyclic amines) is 4. The second kappa shape index (κ2) is 39.6. The van der Waals surface area contributed by atoms with E-state index in [-0.39, 0.29) is 108 Å². The molecule has 35 heteroatoms. The van der Waals surface area contributed by atoms with Gasteiger partial charge in [-0.3, -0.25) is 67.1 Å². The van der Waals surface area contributed by atoms with Crippen molar-refractivity contribution in [3.05, 3.63) is 59.7 Å². The number of aromatic hydroxyl groups is 2. The van der Waals surface area contributed by atoms with Gasteiger partial charge in [-0.25, -0.2) is 4.79 Å². The molecule has 0 aliphatic carbocycles. The van der Waals surface area contributed by atoms with Gasteiger partial charge in [0.25, 0.3) is 0 Å². The number of carbonyl (C=O) groups is 15. The van der Waals surface area contributed by atoms with Gasteiger partial charge in [0.15, 0.2) is 0 Å². The predicted octanol–water partition coefficient (Wildman–Crippen LogP) is -4.27. The van der Waals surface area contributed by atoms with E-state index in [1.165, 1.54) is 63.2 Å². The molecule has 35 nitrogen and oxygen atoms in total. The Morgan fingerprint density at radius 3 is 1.36 bits per heavy atom. The molecule has 13 atom stereocenters. The Morgan fingerprint density at radius 1 is 0.481 bits per heavy atom. The number of primary amides is 2. The highest BCUT2D eigenvalue weighted by atomic mass is 16.4. The van der Waals surface area contributed by atoms with Crippen LogP contribution in [-0.2, 0) is 84.8 Å². The van der Waals surface area contributed by atoms with Gasteiger partial charge in [-0.15, -0.1) is 0 Å². The van der Waals surface area contributed by atoms with Crippen molar-refractivity contribution in [2.75, 3.05) is 45.9 Å². The van der Waals surface area contributed by atoms with E-state index in [1.54, 1.807) is 27.7 Å². The first-order valence-corrected chi connectivity index (χ1v) is 35.4. The Kier molecular flexibility index (Phi) is 31.6. The number of phenols is 2. The van der Waals surface area contributed by atoms with Crippen molar-refractivity contribution in [1.29, 1.82) is 0 Å². The highest BCUT2D eigenvalue weighted by Crippen LogP contribution is 2.28. The zero-order valence-corrected chi connectivity index (χ0v) is 59.2. The highest BCUT2D eigenvalue weighted by Gasteiger charge is 2.47. The number of phenolic OH excluding ortho intramolecular Hbond substituents is 2. The van der Waals surface area contributed by atoms with Crippen molar-refractivity contribution in [3.63, 3.8) is 0 Å². The Morgan fingerprint density at radius 2 is 0.894 bits per heavy atom. The molecule has 0 spiro atoms. The number of hydrogen-bond acceptors (Lipinski definition) is 20.